The molecule has 2 aromatic rings. The van der Waals surface area contributed by atoms with E-state index in [9.17, 15) is 13.6 Å². The van der Waals surface area contributed by atoms with Gasteiger partial charge in [0.05, 0.1) is 0 Å². The monoisotopic (exact) mass is 344 g/mol. The van der Waals surface area contributed by atoms with Gasteiger partial charge in [-0.1, -0.05) is 6.07 Å². The molecule has 0 aromatic heterocycles. The Morgan fingerprint density at radius 1 is 1.08 bits per heavy atom. The molecule has 1 saturated heterocycles. The maximum absolute atomic E-state index is 13.4. The fraction of sp³-hybridized carbons (Fsp3) is 0.350. The summed E-state index contributed by atoms with van der Waals surface area (Å²) in [5.41, 5.74) is 3.68. The standard InChI is InChI=1S/C20H22F2N2O/c1-13-5-7-16(10-14(13)2)23-17-4-3-9-24(12-17)20(25)15-6-8-18(21)19(22)11-15/h5-8,10-11,17,23H,3-4,9,12H2,1-2H3. The normalized spacial score (nSPS) is 17.4. The van der Waals surface area contributed by atoms with Crippen molar-refractivity contribution in [3.8, 4) is 0 Å². The number of piperidine rings is 1. The molecule has 2 aromatic carbocycles. The maximum atomic E-state index is 13.4. The molecule has 1 fully saturated rings. The van der Waals surface area contributed by atoms with E-state index in [0.29, 0.717) is 13.1 Å². The third kappa shape index (κ3) is 3.98. The number of likely N-dealkylation sites (tertiary alicyclic amines) is 1. The van der Waals surface area contributed by atoms with Gasteiger partial charge in [0, 0.05) is 30.4 Å². The largest absolute Gasteiger partial charge is 0.381 e. The Balaban J connectivity index is 1.68. The molecule has 25 heavy (non-hydrogen) atoms. The molecule has 0 radical (unpaired) electrons. The summed E-state index contributed by atoms with van der Waals surface area (Å²) in [6.45, 7) is 5.32. The number of benzene rings is 2. The zero-order chi connectivity index (χ0) is 18.0. The van der Waals surface area contributed by atoms with E-state index in [2.05, 4.69) is 31.3 Å². The lowest BCUT2D eigenvalue weighted by Gasteiger charge is -2.34. The van der Waals surface area contributed by atoms with E-state index in [-0.39, 0.29) is 17.5 Å². The molecule has 1 N–H and O–H groups in total. The van der Waals surface area contributed by atoms with Crippen molar-refractivity contribution < 1.29 is 13.6 Å². The summed E-state index contributed by atoms with van der Waals surface area (Å²) in [5, 5.41) is 3.48. The van der Waals surface area contributed by atoms with Crippen LogP contribution in [0.3, 0.4) is 0 Å². The molecule has 0 spiro atoms. The molecule has 1 amide bonds. The highest BCUT2D eigenvalue weighted by atomic mass is 19.2. The Kier molecular flexibility index (Phi) is 5.02. The topological polar surface area (TPSA) is 32.3 Å². The van der Waals surface area contributed by atoms with Crippen molar-refractivity contribution in [2.24, 2.45) is 0 Å². The Bertz CT molecular complexity index is 791. The second-order valence-electron chi connectivity index (χ2n) is 6.66. The van der Waals surface area contributed by atoms with Gasteiger partial charge in [0.15, 0.2) is 11.6 Å². The van der Waals surface area contributed by atoms with Crippen molar-refractivity contribution in [1.82, 2.24) is 4.90 Å². The number of carbonyl (C=O) groups excluding carboxylic acids is 1. The summed E-state index contributed by atoms with van der Waals surface area (Å²) in [7, 11) is 0. The van der Waals surface area contributed by atoms with Crippen LogP contribution in [0, 0.1) is 25.5 Å². The van der Waals surface area contributed by atoms with Gasteiger partial charge in [-0.3, -0.25) is 4.79 Å². The second-order valence-corrected chi connectivity index (χ2v) is 6.66. The third-order valence-corrected chi connectivity index (χ3v) is 4.75. The predicted octanol–water partition coefficient (Wildman–Crippen LogP) is 4.30. The van der Waals surface area contributed by atoms with Crippen LogP contribution in [0.25, 0.3) is 0 Å². The molecule has 1 atom stereocenters. The van der Waals surface area contributed by atoms with Crippen LogP contribution in [0.2, 0.25) is 0 Å². The number of rotatable bonds is 3. The first-order valence-corrected chi connectivity index (χ1v) is 8.52. The van der Waals surface area contributed by atoms with Crippen LogP contribution >= 0.6 is 0 Å². The van der Waals surface area contributed by atoms with Crippen LogP contribution in [-0.2, 0) is 0 Å². The zero-order valence-electron chi connectivity index (χ0n) is 14.5. The van der Waals surface area contributed by atoms with Crippen molar-refractivity contribution in [2.75, 3.05) is 18.4 Å². The van der Waals surface area contributed by atoms with E-state index in [1.54, 1.807) is 4.90 Å². The summed E-state index contributed by atoms with van der Waals surface area (Å²) in [6, 6.07) is 9.66. The molecule has 132 valence electrons. The van der Waals surface area contributed by atoms with Crippen molar-refractivity contribution in [3.63, 3.8) is 0 Å². The molecule has 3 nitrogen and oxygen atoms in total. The highest BCUT2D eigenvalue weighted by molar-refractivity contribution is 5.94. The van der Waals surface area contributed by atoms with Crippen molar-refractivity contribution in [1.29, 1.82) is 0 Å². The number of aryl methyl sites for hydroxylation is 2. The molecular formula is C20H22F2N2O. The van der Waals surface area contributed by atoms with Gasteiger partial charge in [0.25, 0.3) is 5.91 Å². The van der Waals surface area contributed by atoms with Crippen LogP contribution in [0.4, 0.5) is 14.5 Å². The molecule has 1 unspecified atom stereocenters. The number of anilines is 1. The van der Waals surface area contributed by atoms with E-state index in [1.807, 2.05) is 6.07 Å². The first-order chi connectivity index (χ1) is 11.9. The van der Waals surface area contributed by atoms with Gasteiger partial charge in [-0.25, -0.2) is 8.78 Å². The van der Waals surface area contributed by atoms with Gasteiger partial charge in [0.2, 0.25) is 0 Å². The zero-order valence-corrected chi connectivity index (χ0v) is 14.5. The van der Waals surface area contributed by atoms with Crippen molar-refractivity contribution in [2.45, 2.75) is 32.7 Å². The quantitative estimate of drug-likeness (QED) is 0.900. The Labute approximate surface area is 146 Å². The Hall–Kier alpha value is -2.43. The van der Waals surface area contributed by atoms with Gasteiger partial charge in [-0.05, 0) is 68.1 Å². The lowest BCUT2D eigenvalue weighted by Crippen LogP contribution is -2.45. The maximum Gasteiger partial charge on any atom is 0.254 e. The lowest BCUT2D eigenvalue weighted by molar-refractivity contribution is 0.0714. The number of halogens is 2. The van der Waals surface area contributed by atoms with E-state index < -0.39 is 11.6 Å². The van der Waals surface area contributed by atoms with Gasteiger partial charge < -0.3 is 10.2 Å². The number of hydrogen-bond acceptors (Lipinski definition) is 2. The molecule has 0 saturated carbocycles. The van der Waals surface area contributed by atoms with Crippen LogP contribution < -0.4 is 5.32 Å². The molecule has 5 heteroatoms. The van der Waals surface area contributed by atoms with E-state index in [4.69, 9.17) is 0 Å². The number of amides is 1. The minimum atomic E-state index is -0.993. The fourth-order valence-electron chi connectivity index (χ4n) is 3.16. The first-order valence-electron chi connectivity index (χ1n) is 8.52. The molecule has 1 heterocycles. The SMILES string of the molecule is Cc1ccc(NC2CCCN(C(=O)c3ccc(F)c(F)c3)C2)cc1C. The number of nitrogens with zero attached hydrogens (tertiary/aromatic N) is 1. The minimum absolute atomic E-state index is 0.144. The van der Waals surface area contributed by atoms with Gasteiger partial charge >= 0.3 is 0 Å². The van der Waals surface area contributed by atoms with Crippen molar-refractivity contribution >= 4 is 11.6 Å². The molecule has 1 aliphatic rings. The summed E-state index contributed by atoms with van der Waals surface area (Å²) in [4.78, 5) is 14.3. The molecular weight excluding hydrogens is 322 g/mol. The van der Waals surface area contributed by atoms with Crippen LogP contribution in [0.5, 0.6) is 0 Å². The van der Waals surface area contributed by atoms with E-state index >= 15 is 0 Å². The summed E-state index contributed by atoms with van der Waals surface area (Å²) >= 11 is 0. The molecule has 1 aliphatic heterocycles. The van der Waals surface area contributed by atoms with Gasteiger partial charge in [-0.15, -0.1) is 0 Å². The summed E-state index contributed by atoms with van der Waals surface area (Å²) in [6.07, 6.45) is 1.84. The second kappa shape index (κ2) is 7.21. The van der Waals surface area contributed by atoms with E-state index in [1.165, 1.54) is 17.2 Å². The van der Waals surface area contributed by atoms with Crippen molar-refractivity contribution in [3.05, 3.63) is 64.7 Å². The minimum Gasteiger partial charge on any atom is -0.381 e. The van der Waals surface area contributed by atoms with Crippen LogP contribution in [-0.4, -0.2) is 29.9 Å². The molecule has 0 bridgehead atoms. The van der Waals surface area contributed by atoms with Crippen LogP contribution in [0.1, 0.15) is 34.3 Å². The average Bonchev–Trinajstić information content (AvgIpc) is 2.60. The van der Waals surface area contributed by atoms with Gasteiger partial charge in [-0.2, -0.15) is 0 Å². The fourth-order valence-corrected chi connectivity index (χ4v) is 3.16. The summed E-state index contributed by atoms with van der Waals surface area (Å²) < 4.78 is 26.4. The molecule has 0 aliphatic carbocycles. The third-order valence-electron chi connectivity index (χ3n) is 4.75. The highest BCUT2D eigenvalue weighted by Gasteiger charge is 2.25. The summed E-state index contributed by atoms with van der Waals surface area (Å²) in [5.74, 6) is -2.19. The smallest absolute Gasteiger partial charge is 0.254 e. The highest BCUT2D eigenvalue weighted by Crippen LogP contribution is 2.20. The first kappa shape index (κ1) is 17.4. The van der Waals surface area contributed by atoms with E-state index in [0.717, 1.165) is 30.7 Å². The number of nitrogens with one attached hydrogen (secondary N) is 1. The number of hydrogen-bond donors (Lipinski definition) is 1. The van der Waals surface area contributed by atoms with Gasteiger partial charge in [0.1, 0.15) is 0 Å². The Morgan fingerprint density at radius 3 is 2.60 bits per heavy atom. The van der Waals surface area contributed by atoms with Crippen LogP contribution in [0.15, 0.2) is 36.4 Å². The number of carbonyl (C=O) groups is 1. The lowest BCUT2D eigenvalue weighted by atomic mass is 10.0. The Morgan fingerprint density at radius 2 is 1.88 bits per heavy atom. The predicted molar refractivity (Wildman–Crippen MR) is 94.8 cm³/mol. The average molecular weight is 344 g/mol. The molecule has 3 rings (SSSR count).